The summed E-state index contributed by atoms with van der Waals surface area (Å²) in [7, 11) is 0. The Morgan fingerprint density at radius 3 is 3.05 bits per heavy atom. The predicted octanol–water partition coefficient (Wildman–Crippen LogP) is 3.05. The van der Waals surface area contributed by atoms with Gasteiger partial charge < -0.3 is 9.84 Å². The molecule has 0 amide bonds. The van der Waals surface area contributed by atoms with Crippen LogP contribution in [0.1, 0.15) is 41.8 Å². The van der Waals surface area contributed by atoms with E-state index in [9.17, 15) is 5.11 Å². The normalized spacial score (nSPS) is 15.3. The van der Waals surface area contributed by atoms with Gasteiger partial charge in [0.2, 0.25) is 0 Å². The van der Waals surface area contributed by atoms with Gasteiger partial charge in [-0.15, -0.1) is 0 Å². The Morgan fingerprint density at radius 1 is 1.30 bits per heavy atom. The highest BCUT2D eigenvalue weighted by atomic mass is 16.5. The molecule has 104 valence electrons. The maximum Gasteiger partial charge on any atom is 0.128 e. The molecule has 1 aromatic heterocycles. The average molecular weight is 269 g/mol. The summed E-state index contributed by atoms with van der Waals surface area (Å²) in [5, 5.41) is 10.7. The summed E-state index contributed by atoms with van der Waals surface area (Å²) in [6.07, 6.45) is 3.92. The number of aliphatic hydroxyl groups is 1. The van der Waals surface area contributed by atoms with Crippen molar-refractivity contribution in [1.82, 2.24) is 4.98 Å². The Kier molecular flexibility index (Phi) is 3.70. The van der Waals surface area contributed by atoms with Gasteiger partial charge in [-0.3, -0.25) is 4.98 Å². The number of nitrogens with zero attached hydrogens (tertiary/aromatic N) is 1. The van der Waals surface area contributed by atoms with E-state index >= 15 is 0 Å². The van der Waals surface area contributed by atoms with Crippen LogP contribution >= 0.6 is 0 Å². The molecular weight excluding hydrogens is 250 g/mol. The van der Waals surface area contributed by atoms with Crippen molar-refractivity contribution >= 4 is 0 Å². The lowest BCUT2D eigenvalue weighted by Gasteiger charge is -2.23. The van der Waals surface area contributed by atoms with Crippen molar-refractivity contribution in [3.63, 3.8) is 0 Å². The Balaban J connectivity index is 2.04. The zero-order valence-corrected chi connectivity index (χ0v) is 11.7. The fourth-order valence-electron chi connectivity index (χ4n) is 2.77. The van der Waals surface area contributed by atoms with Crippen molar-refractivity contribution in [2.75, 3.05) is 6.61 Å². The third-order valence-corrected chi connectivity index (χ3v) is 3.82. The van der Waals surface area contributed by atoms with Gasteiger partial charge in [-0.1, -0.05) is 31.2 Å². The molecule has 3 heteroatoms. The highest BCUT2D eigenvalue weighted by molar-refractivity contribution is 5.46. The number of ether oxygens (including phenoxy) is 1. The van der Waals surface area contributed by atoms with Crippen LogP contribution < -0.4 is 4.74 Å². The summed E-state index contributed by atoms with van der Waals surface area (Å²) in [4.78, 5) is 4.37. The summed E-state index contributed by atoms with van der Waals surface area (Å²) < 4.78 is 5.78. The number of aliphatic hydroxyl groups excluding tert-OH is 1. The molecular formula is C17H19NO2. The second-order valence-electron chi connectivity index (χ2n) is 5.09. The fraction of sp³-hybridized carbons (Fsp3) is 0.353. The van der Waals surface area contributed by atoms with Gasteiger partial charge >= 0.3 is 0 Å². The van der Waals surface area contributed by atoms with Gasteiger partial charge in [-0.25, -0.2) is 0 Å². The SMILES string of the molecule is CCc1cccnc1C(O)c1cccc2c1OCCC2. The molecule has 1 unspecified atom stereocenters. The van der Waals surface area contributed by atoms with Crippen molar-refractivity contribution < 1.29 is 9.84 Å². The summed E-state index contributed by atoms with van der Waals surface area (Å²) in [5.74, 6) is 0.846. The van der Waals surface area contributed by atoms with E-state index < -0.39 is 6.10 Å². The van der Waals surface area contributed by atoms with Crippen LogP contribution in [0.2, 0.25) is 0 Å². The standard InChI is InChI=1S/C17H19NO2/c1-2-12-7-4-10-18-15(12)16(19)14-9-3-6-13-8-5-11-20-17(13)14/h3-4,6-7,9-10,16,19H,2,5,8,11H2,1H3. The molecule has 0 saturated heterocycles. The van der Waals surface area contributed by atoms with E-state index in [0.717, 1.165) is 48.4 Å². The lowest BCUT2D eigenvalue weighted by atomic mass is 9.95. The van der Waals surface area contributed by atoms with Crippen LogP contribution in [-0.4, -0.2) is 16.7 Å². The third-order valence-electron chi connectivity index (χ3n) is 3.82. The minimum absolute atomic E-state index is 0.722. The number of aromatic nitrogens is 1. The number of hydrogen-bond acceptors (Lipinski definition) is 3. The van der Waals surface area contributed by atoms with Crippen LogP contribution in [0.4, 0.5) is 0 Å². The first-order valence-electron chi connectivity index (χ1n) is 7.17. The van der Waals surface area contributed by atoms with E-state index in [4.69, 9.17) is 4.74 Å². The van der Waals surface area contributed by atoms with Crippen LogP contribution in [0.15, 0.2) is 36.5 Å². The van der Waals surface area contributed by atoms with Gasteiger partial charge in [0.15, 0.2) is 0 Å². The minimum atomic E-state index is -0.723. The second kappa shape index (κ2) is 5.63. The molecule has 1 aliphatic heterocycles. The van der Waals surface area contributed by atoms with Crippen molar-refractivity contribution in [2.24, 2.45) is 0 Å². The highest BCUT2D eigenvalue weighted by Gasteiger charge is 2.22. The zero-order chi connectivity index (χ0) is 13.9. The largest absolute Gasteiger partial charge is 0.493 e. The Hall–Kier alpha value is -1.87. The molecule has 0 bridgehead atoms. The van der Waals surface area contributed by atoms with Crippen LogP contribution in [0, 0.1) is 0 Å². The Morgan fingerprint density at radius 2 is 2.20 bits per heavy atom. The van der Waals surface area contributed by atoms with E-state index in [2.05, 4.69) is 18.0 Å². The third kappa shape index (κ3) is 2.29. The van der Waals surface area contributed by atoms with Gasteiger partial charge in [0.25, 0.3) is 0 Å². The van der Waals surface area contributed by atoms with Crippen LogP contribution in [0.25, 0.3) is 0 Å². The maximum absolute atomic E-state index is 10.7. The Bertz CT molecular complexity index is 610. The molecule has 0 radical (unpaired) electrons. The zero-order valence-electron chi connectivity index (χ0n) is 11.7. The molecule has 1 aliphatic rings. The molecule has 1 N–H and O–H groups in total. The topological polar surface area (TPSA) is 42.4 Å². The summed E-state index contributed by atoms with van der Waals surface area (Å²) in [5.41, 5.74) is 3.82. The number of fused-ring (bicyclic) bond motifs is 1. The molecule has 0 aliphatic carbocycles. The fourth-order valence-corrected chi connectivity index (χ4v) is 2.77. The molecule has 1 aromatic carbocycles. The van der Waals surface area contributed by atoms with Crippen LogP contribution in [0.3, 0.4) is 0 Å². The molecule has 2 aromatic rings. The number of para-hydroxylation sites is 1. The smallest absolute Gasteiger partial charge is 0.128 e. The molecule has 0 saturated carbocycles. The van der Waals surface area contributed by atoms with E-state index in [1.54, 1.807) is 6.20 Å². The molecule has 2 heterocycles. The van der Waals surface area contributed by atoms with E-state index in [-0.39, 0.29) is 0 Å². The predicted molar refractivity (Wildman–Crippen MR) is 77.9 cm³/mol. The number of benzene rings is 1. The molecule has 0 fully saturated rings. The first-order valence-corrected chi connectivity index (χ1v) is 7.17. The van der Waals surface area contributed by atoms with Gasteiger partial charge in [0.05, 0.1) is 12.3 Å². The molecule has 0 spiro atoms. The minimum Gasteiger partial charge on any atom is -0.493 e. The van der Waals surface area contributed by atoms with Crippen molar-refractivity contribution in [3.8, 4) is 5.75 Å². The molecule has 20 heavy (non-hydrogen) atoms. The maximum atomic E-state index is 10.7. The van der Waals surface area contributed by atoms with Gasteiger partial charge in [-0.2, -0.15) is 0 Å². The number of hydrogen-bond donors (Lipinski definition) is 1. The van der Waals surface area contributed by atoms with Gasteiger partial charge in [-0.05, 0) is 36.5 Å². The Labute approximate surface area is 119 Å². The summed E-state index contributed by atoms with van der Waals surface area (Å²) in [6, 6.07) is 9.92. The highest BCUT2D eigenvalue weighted by Crippen LogP contribution is 2.35. The quantitative estimate of drug-likeness (QED) is 0.931. The molecule has 3 nitrogen and oxygen atoms in total. The summed E-state index contributed by atoms with van der Waals surface area (Å²) in [6.45, 7) is 2.80. The van der Waals surface area contributed by atoms with Gasteiger partial charge in [0.1, 0.15) is 11.9 Å². The van der Waals surface area contributed by atoms with E-state index in [1.807, 2.05) is 24.3 Å². The lowest BCUT2D eigenvalue weighted by molar-refractivity contribution is 0.201. The molecule has 3 rings (SSSR count). The summed E-state index contributed by atoms with van der Waals surface area (Å²) >= 11 is 0. The van der Waals surface area contributed by atoms with Gasteiger partial charge in [0, 0.05) is 11.8 Å². The number of rotatable bonds is 3. The van der Waals surface area contributed by atoms with E-state index in [1.165, 1.54) is 5.56 Å². The lowest BCUT2D eigenvalue weighted by Crippen LogP contribution is -2.14. The number of pyridine rings is 1. The van der Waals surface area contributed by atoms with Crippen molar-refractivity contribution in [2.45, 2.75) is 32.3 Å². The van der Waals surface area contributed by atoms with Crippen LogP contribution in [-0.2, 0) is 12.8 Å². The first kappa shape index (κ1) is 13.1. The van der Waals surface area contributed by atoms with E-state index in [0.29, 0.717) is 0 Å². The molecule has 1 atom stereocenters. The average Bonchev–Trinajstić information content (AvgIpc) is 2.53. The van der Waals surface area contributed by atoms with Crippen LogP contribution in [0.5, 0.6) is 5.75 Å². The monoisotopic (exact) mass is 269 g/mol. The number of aryl methyl sites for hydroxylation is 2. The first-order chi connectivity index (χ1) is 9.81. The van der Waals surface area contributed by atoms with Crippen molar-refractivity contribution in [3.05, 3.63) is 58.9 Å². The van der Waals surface area contributed by atoms with Crippen molar-refractivity contribution in [1.29, 1.82) is 0 Å². The second-order valence-corrected chi connectivity index (χ2v) is 5.09.